The van der Waals surface area contributed by atoms with Gasteiger partial charge in [-0.1, -0.05) is 13.3 Å². The maximum absolute atomic E-state index is 8.94. The average molecular weight is 230 g/mol. The summed E-state index contributed by atoms with van der Waals surface area (Å²) in [7, 11) is 0. The monoisotopic (exact) mass is 230 g/mol. The number of unbranched alkanes of at least 4 members (excludes halogenated alkanes) is 1. The predicted molar refractivity (Wildman–Crippen MR) is 68.6 cm³/mol. The van der Waals surface area contributed by atoms with Crippen LogP contribution in [0.1, 0.15) is 38.3 Å². The Morgan fingerprint density at radius 3 is 2.88 bits per heavy atom. The van der Waals surface area contributed by atoms with Gasteiger partial charge in [0.05, 0.1) is 5.69 Å². The van der Waals surface area contributed by atoms with Crippen LogP contribution < -0.4 is 10.6 Å². The van der Waals surface area contributed by atoms with Crippen LogP contribution in [0.2, 0.25) is 0 Å². The lowest BCUT2D eigenvalue weighted by atomic mass is 10.2. The standard InChI is InChI=1S/C13H18N4/c1-2-3-8-17(10-4-5-10)13-7-6-11(15)12(9-14)16-13/h6-7,10H,2-5,8,15H2,1H3. The highest BCUT2D eigenvalue weighted by molar-refractivity contribution is 5.56. The molecule has 90 valence electrons. The van der Waals surface area contributed by atoms with Crippen molar-refractivity contribution in [3.63, 3.8) is 0 Å². The molecule has 2 N–H and O–H groups in total. The van der Waals surface area contributed by atoms with Crippen molar-refractivity contribution in [3.05, 3.63) is 17.8 Å². The minimum Gasteiger partial charge on any atom is -0.396 e. The summed E-state index contributed by atoms with van der Waals surface area (Å²) < 4.78 is 0. The van der Waals surface area contributed by atoms with Gasteiger partial charge in [-0.3, -0.25) is 0 Å². The van der Waals surface area contributed by atoms with E-state index >= 15 is 0 Å². The Kier molecular flexibility index (Phi) is 3.48. The highest BCUT2D eigenvalue weighted by Crippen LogP contribution is 2.31. The van der Waals surface area contributed by atoms with E-state index in [-0.39, 0.29) is 0 Å². The Morgan fingerprint density at radius 2 is 2.29 bits per heavy atom. The molecule has 2 rings (SSSR count). The second-order valence-electron chi connectivity index (χ2n) is 4.50. The normalized spacial score (nSPS) is 14.4. The van der Waals surface area contributed by atoms with Crippen molar-refractivity contribution in [2.45, 2.75) is 38.6 Å². The summed E-state index contributed by atoms with van der Waals surface area (Å²) in [5, 5.41) is 8.94. The summed E-state index contributed by atoms with van der Waals surface area (Å²) in [6.07, 6.45) is 4.79. The van der Waals surface area contributed by atoms with Gasteiger partial charge < -0.3 is 10.6 Å². The lowest BCUT2D eigenvalue weighted by Crippen LogP contribution is -2.27. The van der Waals surface area contributed by atoms with Gasteiger partial charge in [-0.05, 0) is 31.4 Å². The van der Waals surface area contributed by atoms with E-state index < -0.39 is 0 Å². The topological polar surface area (TPSA) is 65.9 Å². The van der Waals surface area contributed by atoms with Crippen molar-refractivity contribution in [2.75, 3.05) is 17.2 Å². The van der Waals surface area contributed by atoms with Crippen LogP contribution in [0.4, 0.5) is 11.5 Å². The van der Waals surface area contributed by atoms with Gasteiger partial charge in [0.25, 0.3) is 0 Å². The molecule has 1 saturated carbocycles. The molecule has 1 aromatic rings. The molecular weight excluding hydrogens is 212 g/mol. The number of nitrogen functional groups attached to an aromatic ring is 1. The third-order valence-corrected chi connectivity index (χ3v) is 3.05. The molecule has 0 amide bonds. The lowest BCUT2D eigenvalue weighted by Gasteiger charge is -2.23. The van der Waals surface area contributed by atoms with Gasteiger partial charge in [0.15, 0.2) is 5.69 Å². The second-order valence-corrected chi connectivity index (χ2v) is 4.50. The first-order valence-corrected chi connectivity index (χ1v) is 6.19. The molecule has 0 aromatic carbocycles. The number of nitrogens with zero attached hydrogens (tertiary/aromatic N) is 3. The van der Waals surface area contributed by atoms with Gasteiger partial charge in [0.2, 0.25) is 0 Å². The van der Waals surface area contributed by atoms with Crippen molar-refractivity contribution < 1.29 is 0 Å². The number of nitriles is 1. The number of nitrogens with two attached hydrogens (primary N) is 1. The van der Waals surface area contributed by atoms with Crippen LogP contribution in [0.15, 0.2) is 12.1 Å². The summed E-state index contributed by atoms with van der Waals surface area (Å²) in [6.45, 7) is 3.20. The van der Waals surface area contributed by atoms with Crippen LogP contribution in [0, 0.1) is 11.3 Å². The minimum absolute atomic E-state index is 0.338. The molecule has 0 bridgehead atoms. The van der Waals surface area contributed by atoms with Gasteiger partial charge in [0.1, 0.15) is 11.9 Å². The largest absolute Gasteiger partial charge is 0.396 e. The summed E-state index contributed by atoms with van der Waals surface area (Å²) in [5.74, 6) is 0.895. The summed E-state index contributed by atoms with van der Waals surface area (Å²) >= 11 is 0. The van der Waals surface area contributed by atoms with Crippen LogP contribution in [0.5, 0.6) is 0 Å². The molecule has 1 heterocycles. The smallest absolute Gasteiger partial charge is 0.165 e. The van der Waals surface area contributed by atoms with Gasteiger partial charge in [-0.2, -0.15) is 5.26 Å². The maximum Gasteiger partial charge on any atom is 0.165 e. The summed E-state index contributed by atoms with van der Waals surface area (Å²) in [4.78, 5) is 6.65. The summed E-state index contributed by atoms with van der Waals surface area (Å²) in [6, 6.07) is 6.36. The molecule has 4 nitrogen and oxygen atoms in total. The Labute approximate surface area is 102 Å². The molecule has 0 unspecified atom stereocenters. The second kappa shape index (κ2) is 5.05. The molecule has 1 aliphatic rings. The van der Waals surface area contributed by atoms with E-state index in [9.17, 15) is 0 Å². The third kappa shape index (κ3) is 2.68. The van der Waals surface area contributed by atoms with E-state index in [4.69, 9.17) is 11.0 Å². The molecule has 0 atom stereocenters. The molecule has 0 radical (unpaired) electrons. The maximum atomic E-state index is 8.94. The van der Waals surface area contributed by atoms with E-state index in [0.29, 0.717) is 17.4 Å². The average Bonchev–Trinajstić information content (AvgIpc) is 3.16. The Hall–Kier alpha value is -1.76. The fourth-order valence-electron chi connectivity index (χ4n) is 1.91. The van der Waals surface area contributed by atoms with Gasteiger partial charge in [0, 0.05) is 12.6 Å². The predicted octanol–water partition coefficient (Wildman–Crippen LogP) is 2.30. The minimum atomic E-state index is 0.338. The van der Waals surface area contributed by atoms with Crippen LogP contribution in [-0.2, 0) is 0 Å². The number of hydrogen-bond acceptors (Lipinski definition) is 4. The lowest BCUT2D eigenvalue weighted by molar-refractivity contribution is 0.704. The fourth-order valence-corrected chi connectivity index (χ4v) is 1.91. The Balaban J connectivity index is 2.20. The van der Waals surface area contributed by atoms with Crippen molar-refractivity contribution in [1.29, 1.82) is 5.26 Å². The first-order valence-electron chi connectivity index (χ1n) is 6.19. The van der Waals surface area contributed by atoms with E-state index in [1.54, 1.807) is 6.07 Å². The third-order valence-electron chi connectivity index (χ3n) is 3.05. The zero-order chi connectivity index (χ0) is 12.3. The molecule has 0 saturated heterocycles. The molecule has 0 spiro atoms. The van der Waals surface area contributed by atoms with E-state index in [1.165, 1.54) is 19.3 Å². The molecular formula is C13H18N4. The number of aromatic nitrogens is 1. The first kappa shape index (κ1) is 11.7. The van der Waals surface area contributed by atoms with E-state index in [0.717, 1.165) is 18.8 Å². The van der Waals surface area contributed by atoms with Crippen LogP contribution in [-0.4, -0.2) is 17.6 Å². The van der Waals surface area contributed by atoms with E-state index in [1.807, 2.05) is 12.1 Å². The van der Waals surface area contributed by atoms with Crippen molar-refractivity contribution >= 4 is 11.5 Å². The van der Waals surface area contributed by atoms with Crippen LogP contribution in [0.25, 0.3) is 0 Å². The number of hydrogen-bond donors (Lipinski definition) is 1. The van der Waals surface area contributed by atoms with Crippen molar-refractivity contribution in [2.24, 2.45) is 0 Å². The van der Waals surface area contributed by atoms with Crippen LogP contribution in [0.3, 0.4) is 0 Å². The van der Waals surface area contributed by atoms with Gasteiger partial charge >= 0.3 is 0 Å². The highest BCUT2D eigenvalue weighted by Gasteiger charge is 2.29. The van der Waals surface area contributed by atoms with Gasteiger partial charge in [-0.25, -0.2) is 4.98 Å². The first-order chi connectivity index (χ1) is 8.26. The molecule has 0 aliphatic heterocycles. The molecule has 4 heteroatoms. The zero-order valence-corrected chi connectivity index (χ0v) is 10.2. The number of pyridine rings is 1. The molecule has 1 aliphatic carbocycles. The highest BCUT2D eigenvalue weighted by atomic mass is 15.2. The number of anilines is 2. The fraction of sp³-hybridized carbons (Fsp3) is 0.538. The van der Waals surface area contributed by atoms with Gasteiger partial charge in [-0.15, -0.1) is 0 Å². The molecule has 1 aromatic heterocycles. The summed E-state index contributed by atoms with van der Waals surface area (Å²) in [5.41, 5.74) is 6.49. The van der Waals surface area contributed by atoms with Crippen molar-refractivity contribution in [1.82, 2.24) is 4.98 Å². The Morgan fingerprint density at radius 1 is 1.53 bits per heavy atom. The number of rotatable bonds is 5. The van der Waals surface area contributed by atoms with Crippen molar-refractivity contribution in [3.8, 4) is 6.07 Å². The Bertz CT molecular complexity index is 432. The zero-order valence-electron chi connectivity index (χ0n) is 10.2. The SMILES string of the molecule is CCCCN(c1ccc(N)c(C#N)n1)C1CC1. The quantitative estimate of drug-likeness (QED) is 0.843. The van der Waals surface area contributed by atoms with E-state index in [2.05, 4.69) is 16.8 Å². The molecule has 1 fully saturated rings. The van der Waals surface area contributed by atoms with Crippen LogP contribution >= 0.6 is 0 Å². The molecule has 17 heavy (non-hydrogen) atoms.